The largest absolute Gasteiger partial charge is 0.486 e. The molecule has 0 fully saturated rings. The predicted octanol–water partition coefficient (Wildman–Crippen LogP) is 3.00. The van der Waals surface area contributed by atoms with Gasteiger partial charge in [0.25, 0.3) is 0 Å². The van der Waals surface area contributed by atoms with Gasteiger partial charge in [0, 0.05) is 17.1 Å². The Morgan fingerprint density at radius 3 is 2.52 bits per heavy atom. The number of nitrogens with two attached hydrogens (primary N) is 1. The van der Waals surface area contributed by atoms with Crippen molar-refractivity contribution in [1.82, 2.24) is 0 Å². The second-order valence-corrected chi connectivity index (χ2v) is 6.47. The number of rotatable bonds is 5. The lowest BCUT2D eigenvalue weighted by Crippen LogP contribution is -2.24. The van der Waals surface area contributed by atoms with Crippen molar-refractivity contribution in [2.75, 3.05) is 13.2 Å². The Kier molecular flexibility index (Phi) is 4.64. The maximum Gasteiger partial charge on any atom is 0.303 e. The fraction of sp³-hybridized carbons (Fsp3) is 0.533. The number of halogens is 1. The molecule has 1 aromatic carbocycles. The molecule has 1 unspecified atom stereocenters. The highest BCUT2D eigenvalue weighted by Gasteiger charge is 2.27. The summed E-state index contributed by atoms with van der Waals surface area (Å²) in [5, 5.41) is 9.45. The van der Waals surface area contributed by atoms with Gasteiger partial charge in [0.15, 0.2) is 11.5 Å². The first-order valence-electron chi connectivity index (χ1n) is 6.85. The van der Waals surface area contributed by atoms with Crippen LogP contribution in [0.25, 0.3) is 0 Å². The predicted molar refractivity (Wildman–Crippen MR) is 80.0 cm³/mol. The Morgan fingerprint density at radius 1 is 1.38 bits per heavy atom. The molecule has 0 spiro atoms. The molecule has 0 bridgehead atoms. The second-order valence-electron chi connectivity index (χ2n) is 6.06. The van der Waals surface area contributed by atoms with Crippen molar-refractivity contribution in [1.29, 1.82) is 0 Å². The zero-order valence-electron chi connectivity index (χ0n) is 12.2. The van der Waals surface area contributed by atoms with E-state index in [4.69, 9.17) is 31.9 Å². The molecule has 2 rings (SSSR count). The third-order valence-electron chi connectivity index (χ3n) is 3.46. The van der Waals surface area contributed by atoms with Gasteiger partial charge < -0.3 is 20.3 Å². The number of carbonyl (C=O) groups is 1. The van der Waals surface area contributed by atoms with Crippen LogP contribution in [-0.4, -0.2) is 24.3 Å². The molecule has 0 radical (unpaired) electrons. The van der Waals surface area contributed by atoms with Gasteiger partial charge in [-0.05, 0) is 23.5 Å². The van der Waals surface area contributed by atoms with Gasteiger partial charge in [-0.2, -0.15) is 0 Å². The van der Waals surface area contributed by atoms with E-state index in [0.29, 0.717) is 36.2 Å². The number of aliphatic carboxylic acids is 1. The lowest BCUT2D eigenvalue weighted by atomic mass is 9.81. The van der Waals surface area contributed by atoms with Crippen LogP contribution in [0.5, 0.6) is 11.5 Å². The number of ether oxygens (including phenoxy) is 2. The molecule has 1 heterocycles. The number of carboxylic acids is 1. The van der Waals surface area contributed by atoms with Gasteiger partial charge in [0.2, 0.25) is 0 Å². The summed E-state index contributed by atoms with van der Waals surface area (Å²) in [4.78, 5) is 10.9. The lowest BCUT2D eigenvalue weighted by Gasteiger charge is -2.28. The number of fused-ring (bicyclic) bond motifs is 1. The minimum absolute atomic E-state index is 0.0584. The Bertz CT molecular complexity index is 545. The van der Waals surface area contributed by atoms with Crippen LogP contribution in [0.3, 0.4) is 0 Å². The Hall–Kier alpha value is -1.46. The van der Waals surface area contributed by atoms with Crippen molar-refractivity contribution in [3.05, 3.63) is 22.7 Å². The standard InChI is InChI=1S/C15H20ClNO4/c1-15(2,8-14(18)19)7-11(17)9-5-12-13(6-10(9)16)21-4-3-20-12/h5-6,11H,3-4,7-8,17H2,1-2H3,(H,18,19). The summed E-state index contributed by atoms with van der Waals surface area (Å²) in [5.74, 6) is 0.416. The maximum atomic E-state index is 10.9. The quantitative estimate of drug-likeness (QED) is 0.873. The highest BCUT2D eigenvalue weighted by molar-refractivity contribution is 6.31. The third-order valence-corrected chi connectivity index (χ3v) is 3.79. The van der Waals surface area contributed by atoms with Crippen LogP contribution in [0.15, 0.2) is 12.1 Å². The average molecular weight is 314 g/mol. The number of hydrogen-bond donors (Lipinski definition) is 2. The summed E-state index contributed by atoms with van der Waals surface area (Å²) in [6.07, 6.45) is 0.571. The number of hydrogen-bond acceptors (Lipinski definition) is 4. The molecule has 0 aliphatic carbocycles. The van der Waals surface area contributed by atoms with E-state index in [1.165, 1.54) is 0 Å². The highest BCUT2D eigenvalue weighted by Crippen LogP contribution is 2.40. The van der Waals surface area contributed by atoms with Crippen molar-refractivity contribution >= 4 is 17.6 Å². The molecule has 3 N–H and O–H groups in total. The fourth-order valence-electron chi connectivity index (χ4n) is 2.55. The van der Waals surface area contributed by atoms with Crippen molar-refractivity contribution in [3.63, 3.8) is 0 Å². The van der Waals surface area contributed by atoms with Gasteiger partial charge in [0.05, 0.1) is 6.42 Å². The van der Waals surface area contributed by atoms with Gasteiger partial charge in [-0.1, -0.05) is 25.4 Å². The van der Waals surface area contributed by atoms with Crippen LogP contribution >= 0.6 is 11.6 Å². The Labute approximate surface area is 129 Å². The smallest absolute Gasteiger partial charge is 0.303 e. The van der Waals surface area contributed by atoms with Gasteiger partial charge in [-0.25, -0.2) is 0 Å². The van der Waals surface area contributed by atoms with Gasteiger partial charge >= 0.3 is 5.97 Å². The minimum atomic E-state index is -0.833. The summed E-state index contributed by atoms with van der Waals surface area (Å²) in [5.41, 5.74) is 6.55. The van der Waals surface area contributed by atoms with Crippen molar-refractivity contribution in [2.24, 2.45) is 11.1 Å². The summed E-state index contributed by atoms with van der Waals surface area (Å²) in [7, 11) is 0. The summed E-state index contributed by atoms with van der Waals surface area (Å²) in [6.45, 7) is 4.76. The molecule has 0 saturated carbocycles. The summed E-state index contributed by atoms with van der Waals surface area (Å²) >= 11 is 6.26. The molecule has 1 aromatic rings. The third kappa shape index (κ3) is 4.02. The van der Waals surface area contributed by atoms with Crippen LogP contribution < -0.4 is 15.2 Å². The first-order valence-corrected chi connectivity index (χ1v) is 7.23. The van der Waals surface area contributed by atoms with Crippen LogP contribution in [0.2, 0.25) is 5.02 Å². The van der Waals surface area contributed by atoms with Crippen LogP contribution in [-0.2, 0) is 4.79 Å². The van der Waals surface area contributed by atoms with E-state index in [2.05, 4.69) is 0 Å². The molecular weight excluding hydrogens is 294 g/mol. The van der Waals surface area contributed by atoms with E-state index in [0.717, 1.165) is 5.56 Å². The second kappa shape index (κ2) is 6.12. The van der Waals surface area contributed by atoms with E-state index in [1.807, 2.05) is 13.8 Å². The summed E-state index contributed by atoms with van der Waals surface area (Å²) < 4.78 is 11.0. The molecule has 116 valence electrons. The normalized spacial score (nSPS) is 15.6. The van der Waals surface area contributed by atoms with Gasteiger partial charge in [-0.3, -0.25) is 4.79 Å². The first kappa shape index (κ1) is 15.9. The highest BCUT2D eigenvalue weighted by atomic mass is 35.5. The average Bonchev–Trinajstić information content (AvgIpc) is 2.35. The summed E-state index contributed by atoms with van der Waals surface area (Å²) in [6, 6.07) is 3.14. The monoisotopic (exact) mass is 313 g/mol. The van der Waals surface area contributed by atoms with Crippen LogP contribution in [0.1, 0.15) is 38.3 Å². The molecule has 0 amide bonds. The number of carboxylic acid groups (broad SMARTS) is 1. The minimum Gasteiger partial charge on any atom is -0.486 e. The van der Waals surface area contributed by atoms with E-state index < -0.39 is 11.4 Å². The zero-order valence-corrected chi connectivity index (χ0v) is 12.9. The fourth-order valence-corrected chi connectivity index (χ4v) is 2.84. The molecule has 0 aromatic heterocycles. The van der Waals surface area contributed by atoms with E-state index in [1.54, 1.807) is 12.1 Å². The molecule has 21 heavy (non-hydrogen) atoms. The SMILES string of the molecule is CC(C)(CC(=O)O)CC(N)c1cc2c(cc1Cl)OCCO2. The molecule has 1 aliphatic rings. The van der Waals surface area contributed by atoms with E-state index in [9.17, 15) is 4.79 Å². The van der Waals surface area contributed by atoms with E-state index in [-0.39, 0.29) is 12.5 Å². The molecule has 1 atom stereocenters. The molecular formula is C15H20ClNO4. The zero-order chi connectivity index (χ0) is 15.6. The van der Waals surface area contributed by atoms with Crippen molar-refractivity contribution < 1.29 is 19.4 Å². The Balaban J connectivity index is 2.19. The number of benzene rings is 1. The first-order chi connectivity index (χ1) is 9.78. The van der Waals surface area contributed by atoms with E-state index >= 15 is 0 Å². The molecule has 6 heteroatoms. The van der Waals surface area contributed by atoms with Crippen LogP contribution in [0.4, 0.5) is 0 Å². The molecule has 5 nitrogen and oxygen atoms in total. The Morgan fingerprint density at radius 2 is 1.95 bits per heavy atom. The topological polar surface area (TPSA) is 81.8 Å². The lowest BCUT2D eigenvalue weighted by molar-refractivity contribution is -0.139. The molecule has 0 saturated heterocycles. The van der Waals surface area contributed by atoms with Crippen LogP contribution in [0, 0.1) is 5.41 Å². The van der Waals surface area contributed by atoms with Crippen molar-refractivity contribution in [3.8, 4) is 11.5 Å². The van der Waals surface area contributed by atoms with Gasteiger partial charge in [-0.15, -0.1) is 0 Å². The van der Waals surface area contributed by atoms with Crippen molar-refractivity contribution in [2.45, 2.75) is 32.7 Å². The van der Waals surface area contributed by atoms with Gasteiger partial charge in [0.1, 0.15) is 13.2 Å². The maximum absolute atomic E-state index is 10.9. The molecule has 1 aliphatic heterocycles.